The Kier molecular flexibility index (Phi) is 2.75. The maximum atomic E-state index is 10.7. The second-order valence-corrected chi connectivity index (χ2v) is 4.49. The van der Waals surface area contributed by atoms with Crippen LogP contribution in [0.1, 0.15) is 20.8 Å². The van der Waals surface area contributed by atoms with Gasteiger partial charge in [-0.25, -0.2) is 4.79 Å². The third kappa shape index (κ3) is 1.97. The molecule has 0 spiro atoms. The number of carboxylic acids is 1. The first-order chi connectivity index (χ1) is 7.58. The number of nitrogens with zero attached hydrogens (tertiary/aromatic N) is 1. The van der Waals surface area contributed by atoms with Gasteiger partial charge < -0.3 is 5.11 Å². The lowest BCUT2D eigenvalue weighted by Gasteiger charge is -2.01. The Balaban J connectivity index is 2.42. The zero-order valence-electron chi connectivity index (χ0n) is 9.02. The fourth-order valence-corrected chi connectivity index (χ4v) is 2.01. The summed E-state index contributed by atoms with van der Waals surface area (Å²) < 4.78 is 4.14. The number of aromatic carboxylic acids is 1. The quantitative estimate of drug-likeness (QED) is 0.867. The maximum absolute atomic E-state index is 10.7. The molecule has 4 heteroatoms. The molecule has 0 saturated carbocycles. The Morgan fingerprint density at radius 2 is 2.00 bits per heavy atom. The van der Waals surface area contributed by atoms with Crippen LogP contribution in [0.3, 0.4) is 0 Å². The van der Waals surface area contributed by atoms with Crippen LogP contribution >= 0.6 is 11.5 Å². The van der Waals surface area contributed by atoms with E-state index in [-0.39, 0.29) is 4.88 Å². The van der Waals surface area contributed by atoms with Gasteiger partial charge in [-0.3, -0.25) is 0 Å². The van der Waals surface area contributed by atoms with Crippen molar-refractivity contribution in [3.05, 3.63) is 40.3 Å². The molecule has 0 bridgehead atoms. The lowest BCUT2D eigenvalue weighted by Crippen LogP contribution is -1.90. The smallest absolute Gasteiger partial charge is 0.347 e. The van der Waals surface area contributed by atoms with Crippen molar-refractivity contribution in [1.82, 2.24) is 4.37 Å². The lowest BCUT2D eigenvalue weighted by atomic mass is 10.0. The third-order valence-electron chi connectivity index (χ3n) is 2.52. The van der Waals surface area contributed by atoms with Crippen LogP contribution in [-0.2, 0) is 0 Å². The van der Waals surface area contributed by atoms with Gasteiger partial charge in [0.15, 0.2) is 0 Å². The summed E-state index contributed by atoms with van der Waals surface area (Å²) in [5.74, 6) is -0.924. The fraction of sp³-hybridized carbons (Fsp3) is 0.167. The van der Waals surface area contributed by atoms with E-state index in [1.807, 2.05) is 32.0 Å². The molecule has 1 aromatic heterocycles. The number of carboxylic acid groups (broad SMARTS) is 1. The summed E-state index contributed by atoms with van der Waals surface area (Å²) in [5.41, 5.74) is 4.09. The van der Waals surface area contributed by atoms with Crippen molar-refractivity contribution in [3.8, 4) is 11.3 Å². The van der Waals surface area contributed by atoms with Gasteiger partial charge in [0, 0.05) is 5.56 Å². The number of aryl methyl sites for hydroxylation is 2. The number of benzene rings is 1. The first-order valence-corrected chi connectivity index (χ1v) is 5.63. The Morgan fingerprint density at radius 3 is 2.56 bits per heavy atom. The van der Waals surface area contributed by atoms with Crippen LogP contribution < -0.4 is 0 Å². The Labute approximate surface area is 97.5 Å². The van der Waals surface area contributed by atoms with Crippen molar-refractivity contribution in [2.45, 2.75) is 13.8 Å². The summed E-state index contributed by atoms with van der Waals surface area (Å²) in [6.45, 7) is 4.08. The van der Waals surface area contributed by atoms with Gasteiger partial charge in [0.1, 0.15) is 4.88 Å². The van der Waals surface area contributed by atoms with Crippen molar-refractivity contribution in [3.63, 3.8) is 0 Å². The highest BCUT2D eigenvalue weighted by molar-refractivity contribution is 7.08. The van der Waals surface area contributed by atoms with Crippen molar-refractivity contribution in [2.75, 3.05) is 0 Å². The number of carbonyl (C=O) groups is 1. The summed E-state index contributed by atoms with van der Waals surface area (Å²) in [5, 5.41) is 8.81. The van der Waals surface area contributed by atoms with Crippen molar-refractivity contribution < 1.29 is 9.90 Å². The molecule has 16 heavy (non-hydrogen) atoms. The molecule has 0 saturated heterocycles. The molecule has 1 N–H and O–H groups in total. The predicted molar refractivity (Wildman–Crippen MR) is 64.0 cm³/mol. The third-order valence-corrected chi connectivity index (χ3v) is 3.30. The van der Waals surface area contributed by atoms with Crippen LogP contribution in [-0.4, -0.2) is 15.4 Å². The lowest BCUT2D eigenvalue weighted by molar-refractivity contribution is 0.0702. The van der Waals surface area contributed by atoms with Gasteiger partial charge in [0.05, 0.1) is 5.69 Å². The first kappa shape index (κ1) is 10.8. The van der Waals surface area contributed by atoms with Gasteiger partial charge in [-0.15, -0.1) is 0 Å². The van der Waals surface area contributed by atoms with Crippen LogP contribution in [0.4, 0.5) is 0 Å². The van der Waals surface area contributed by atoms with E-state index in [4.69, 9.17) is 5.11 Å². The molecule has 0 aliphatic carbocycles. The highest BCUT2D eigenvalue weighted by Crippen LogP contribution is 2.23. The van der Waals surface area contributed by atoms with Crippen molar-refractivity contribution in [1.29, 1.82) is 0 Å². The highest BCUT2D eigenvalue weighted by Gasteiger charge is 2.10. The van der Waals surface area contributed by atoms with Crippen LogP contribution in [0.25, 0.3) is 11.3 Å². The van der Waals surface area contributed by atoms with Crippen LogP contribution in [0.2, 0.25) is 0 Å². The molecule has 82 valence electrons. The average Bonchev–Trinajstić information content (AvgIpc) is 2.71. The van der Waals surface area contributed by atoms with Crippen LogP contribution in [0.15, 0.2) is 24.3 Å². The zero-order valence-corrected chi connectivity index (χ0v) is 9.84. The molecular formula is C12H11NO2S. The van der Waals surface area contributed by atoms with Gasteiger partial charge in [-0.1, -0.05) is 12.1 Å². The minimum absolute atomic E-state index is 0.272. The Morgan fingerprint density at radius 1 is 1.25 bits per heavy atom. The van der Waals surface area contributed by atoms with Gasteiger partial charge >= 0.3 is 5.97 Å². The van der Waals surface area contributed by atoms with E-state index >= 15 is 0 Å². The van der Waals surface area contributed by atoms with Gasteiger partial charge in [-0.2, -0.15) is 4.37 Å². The Bertz CT molecular complexity index is 546. The maximum Gasteiger partial charge on any atom is 0.347 e. The van der Waals surface area contributed by atoms with Crippen molar-refractivity contribution >= 4 is 17.5 Å². The molecule has 0 fully saturated rings. The van der Waals surface area contributed by atoms with Gasteiger partial charge in [0.2, 0.25) is 0 Å². The first-order valence-electron chi connectivity index (χ1n) is 4.85. The van der Waals surface area contributed by atoms with Crippen molar-refractivity contribution in [2.24, 2.45) is 0 Å². The van der Waals surface area contributed by atoms with E-state index in [0.29, 0.717) is 0 Å². The number of hydrogen-bond acceptors (Lipinski definition) is 3. The normalized spacial score (nSPS) is 10.4. The minimum Gasteiger partial charge on any atom is -0.477 e. The summed E-state index contributed by atoms with van der Waals surface area (Å²) in [7, 11) is 0. The summed E-state index contributed by atoms with van der Waals surface area (Å²) >= 11 is 1.01. The second kappa shape index (κ2) is 4.06. The van der Waals surface area contributed by atoms with Gasteiger partial charge in [-0.05, 0) is 48.6 Å². The van der Waals surface area contributed by atoms with Gasteiger partial charge in [0.25, 0.3) is 0 Å². The zero-order chi connectivity index (χ0) is 11.7. The molecule has 0 atom stereocenters. The monoisotopic (exact) mass is 233 g/mol. The molecule has 1 aromatic carbocycles. The summed E-state index contributed by atoms with van der Waals surface area (Å²) in [4.78, 5) is 11.0. The minimum atomic E-state index is -0.924. The molecular weight excluding hydrogens is 222 g/mol. The molecule has 0 radical (unpaired) electrons. The molecule has 1 heterocycles. The molecule has 0 amide bonds. The van der Waals surface area contributed by atoms with E-state index in [1.54, 1.807) is 6.07 Å². The van der Waals surface area contributed by atoms with E-state index in [1.165, 1.54) is 11.1 Å². The largest absolute Gasteiger partial charge is 0.477 e. The number of rotatable bonds is 2. The molecule has 2 aromatic rings. The number of hydrogen-bond donors (Lipinski definition) is 1. The van der Waals surface area contributed by atoms with E-state index in [9.17, 15) is 4.79 Å². The average molecular weight is 233 g/mol. The molecule has 2 rings (SSSR count). The van der Waals surface area contributed by atoms with E-state index in [2.05, 4.69) is 4.37 Å². The molecule has 3 nitrogen and oxygen atoms in total. The van der Waals surface area contributed by atoms with E-state index < -0.39 is 5.97 Å². The Hall–Kier alpha value is -1.68. The molecule has 0 unspecified atom stereocenters. The highest BCUT2D eigenvalue weighted by atomic mass is 32.1. The molecule has 0 aliphatic heterocycles. The predicted octanol–water partition coefficient (Wildman–Crippen LogP) is 3.13. The second-order valence-electron chi connectivity index (χ2n) is 3.68. The SMILES string of the molecule is Cc1ccc(-c2cc(C(=O)O)sn2)cc1C. The molecule has 0 aliphatic rings. The summed E-state index contributed by atoms with van der Waals surface area (Å²) in [6.07, 6.45) is 0. The van der Waals surface area contributed by atoms with Crippen LogP contribution in [0.5, 0.6) is 0 Å². The summed E-state index contributed by atoms with van der Waals surface area (Å²) in [6, 6.07) is 7.61. The van der Waals surface area contributed by atoms with Crippen LogP contribution in [0, 0.1) is 13.8 Å². The standard InChI is InChI=1S/C12H11NO2S/c1-7-3-4-9(5-8(7)2)10-6-11(12(14)15)16-13-10/h3-6H,1-2H3,(H,14,15). The number of aromatic nitrogens is 1. The topological polar surface area (TPSA) is 50.2 Å². The fourth-order valence-electron chi connectivity index (χ4n) is 1.41. The van der Waals surface area contributed by atoms with E-state index in [0.717, 1.165) is 22.8 Å².